The highest BCUT2D eigenvalue weighted by atomic mass is 16.6. The van der Waals surface area contributed by atoms with Crippen LogP contribution in [0.3, 0.4) is 0 Å². The third-order valence-electron chi connectivity index (χ3n) is 2.76. The average molecular weight is 259 g/mol. The summed E-state index contributed by atoms with van der Waals surface area (Å²) in [6, 6.07) is 6.85. The lowest BCUT2D eigenvalue weighted by Gasteiger charge is -2.20. The molecule has 0 aliphatic carbocycles. The summed E-state index contributed by atoms with van der Waals surface area (Å²) in [5.74, 6) is 0. The Kier molecular flexibility index (Phi) is 3.38. The number of anilines is 1. The fourth-order valence-corrected chi connectivity index (χ4v) is 1.82. The number of nitrogens with one attached hydrogen (secondary N) is 1. The zero-order valence-electron chi connectivity index (χ0n) is 11.3. The molecular formula is C14H17N3O2. The van der Waals surface area contributed by atoms with E-state index in [4.69, 9.17) is 0 Å². The van der Waals surface area contributed by atoms with Gasteiger partial charge >= 0.3 is 0 Å². The van der Waals surface area contributed by atoms with E-state index in [2.05, 4.69) is 31.1 Å². The summed E-state index contributed by atoms with van der Waals surface area (Å²) in [5, 5.41) is 15.1. The maximum Gasteiger partial charge on any atom is 0.295 e. The topological polar surface area (TPSA) is 68.1 Å². The molecule has 0 bridgehead atoms. The van der Waals surface area contributed by atoms with Crippen molar-refractivity contribution >= 4 is 22.3 Å². The Morgan fingerprint density at radius 1 is 1.32 bits per heavy atom. The van der Waals surface area contributed by atoms with Crippen LogP contribution in [0.2, 0.25) is 0 Å². The van der Waals surface area contributed by atoms with Crippen molar-refractivity contribution in [3.8, 4) is 0 Å². The third-order valence-corrected chi connectivity index (χ3v) is 2.76. The number of aromatic nitrogens is 1. The number of rotatable bonds is 3. The summed E-state index contributed by atoms with van der Waals surface area (Å²) in [4.78, 5) is 14.7. The molecule has 0 aliphatic rings. The molecule has 0 spiro atoms. The number of nitrogens with zero attached hydrogens (tertiary/aromatic N) is 2. The van der Waals surface area contributed by atoms with Gasteiger partial charge in [-0.3, -0.25) is 10.1 Å². The van der Waals surface area contributed by atoms with Gasteiger partial charge < -0.3 is 5.32 Å². The maximum atomic E-state index is 11.0. The van der Waals surface area contributed by atoms with Gasteiger partial charge in [0.05, 0.1) is 4.92 Å². The molecule has 1 aromatic carbocycles. The summed E-state index contributed by atoms with van der Waals surface area (Å²) in [5.41, 5.74) is 1.47. The minimum atomic E-state index is -0.400. The molecule has 0 unspecified atom stereocenters. The molecule has 0 atom stereocenters. The van der Waals surface area contributed by atoms with Crippen molar-refractivity contribution < 1.29 is 4.92 Å². The van der Waals surface area contributed by atoms with Crippen molar-refractivity contribution in [2.45, 2.75) is 20.8 Å². The lowest BCUT2D eigenvalue weighted by molar-refractivity contribution is -0.383. The Hall–Kier alpha value is -2.17. The molecule has 0 saturated heterocycles. The second-order valence-electron chi connectivity index (χ2n) is 5.70. The van der Waals surface area contributed by atoms with Gasteiger partial charge in [0.1, 0.15) is 5.52 Å². The molecule has 1 heterocycles. The normalized spacial score (nSPS) is 11.5. The summed E-state index contributed by atoms with van der Waals surface area (Å²) < 4.78 is 0. The van der Waals surface area contributed by atoms with E-state index in [0.29, 0.717) is 5.52 Å². The molecule has 2 aromatic rings. The van der Waals surface area contributed by atoms with Crippen LogP contribution in [-0.2, 0) is 0 Å². The number of hydrogen-bond donors (Lipinski definition) is 1. The number of pyridine rings is 1. The van der Waals surface area contributed by atoms with E-state index in [1.165, 1.54) is 6.07 Å². The fourth-order valence-electron chi connectivity index (χ4n) is 1.82. The Bertz CT molecular complexity index is 618. The molecule has 1 aromatic heterocycles. The Morgan fingerprint density at radius 2 is 2.05 bits per heavy atom. The molecule has 0 aliphatic heterocycles. The van der Waals surface area contributed by atoms with Gasteiger partial charge in [-0.1, -0.05) is 32.9 Å². The van der Waals surface area contributed by atoms with Gasteiger partial charge in [0.25, 0.3) is 5.69 Å². The number of benzene rings is 1. The summed E-state index contributed by atoms with van der Waals surface area (Å²) >= 11 is 0. The van der Waals surface area contributed by atoms with Crippen molar-refractivity contribution in [1.29, 1.82) is 0 Å². The Balaban J connectivity index is 2.46. The zero-order chi connectivity index (χ0) is 14.0. The van der Waals surface area contributed by atoms with Gasteiger partial charge in [-0.25, -0.2) is 4.98 Å². The minimum absolute atomic E-state index is 0.0388. The van der Waals surface area contributed by atoms with E-state index in [9.17, 15) is 10.1 Å². The predicted octanol–water partition coefficient (Wildman–Crippen LogP) is 3.60. The monoisotopic (exact) mass is 259 g/mol. The largest absolute Gasteiger partial charge is 0.384 e. The molecule has 0 fully saturated rings. The lowest BCUT2D eigenvalue weighted by atomic mass is 9.97. The first-order valence-corrected chi connectivity index (χ1v) is 6.14. The van der Waals surface area contributed by atoms with Crippen LogP contribution >= 0.6 is 0 Å². The van der Waals surface area contributed by atoms with Gasteiger partial charge in [0.15, 0.2) is 0 Å². The molecule has 0 saturated carbocycles. The number of para-hydroxylation sites is 1. The number of nitro benzene ring substituents is 1. The van der Waals surface area contributed by atoms with Crippen molar-refractivity contribution in [3.63, 3.8) is 0 Å². The summed E-state index contributed by atoms with van der Waals surface area (Å²) in [6.45, 7) is 7.18. The quantitative estimate of drug-likeness (QED) is 0.675. The molecule has 100 valence electrons. The lowest BCUT2D eigenvalue weighted by Crippen LogP contribution is -2.19. The smallest absolute Gasteiger partial charge is 0.295 e. The predicted molar refractivity (Wildman–Crippen MR) is 76.3 cm³/mol. The number of fused-ring (bicyclic) bond motifs is 1. The molecular weight excluding hydrogens is 242 g/mol. The average Bonchev–Trinajstić information content (AvgIpc) is 2.34. The van der Waals surface area contributed by atoms with Crippen LogP contribution < -0.4 is 5.32 Å². The standard InChI is InChI=1S/C14H17N3O2/c1-14(2,3)9-16-11-7-8-15-13-10(11)5-4-6-12(13)17(18)19/h4-8H,9H2,1-3H3,(H,15,16). The van der Waals surface area contributed by atoms with E-state index in [0.717, 1.165) is 17.6 Å². The van der Waals surface area contributed by atoms with Gasteiger partial charge in [-0.15, -0.1) is 0 Å². The molecule has 19 heavy (non-hydrogen) atoms. The second-order valence-corrected chi connectivity index (χ2v) is 5.70. The van der Waals surface area contributed by atoms with Crippen LogP contribution in [0.15, 0.2) is 30.5 Å². The van der Waals surface area contributed by atoms with Crippen LogP contribution in [0, 0.1) is 15.5 Å². The van der Waals surface area contributed by atoms with Gasteiger partial charge in [-0.2, -0.15) is 0 Å². The summed E-state index contributed by atoms with van der Waals surface area (Å²) in [7, 11) is 0. The number of hydrogen-bond acceptors (Lipinski definition) is 4. The highest BCUT2D eigenvalue weighted by molar-refractivity contribution is 5.96. The number of nitro groups is 1. The molecule has 0 amide bonds. The van der Waals surface area contributed by atoms with Crippen LogP contribution in [0.4, 0.5) is 11.4 Å². The highest BCUT2D eigenvalue weighted by Crippen LogP contribution is 2.29. The third kappa shape index (κ3) is 2.99. The Morgan fingerprint density at radius 3 is 2.68 bits per heavy atom. The highest BCUT2D eigenvalue weighted by Gasteiger charge is 2.15. The minimum Gasteiger partial charge on any atom is -0.384 e. The van der Waals surface area contributed by atoms with Gasteiger partial charge in [0.2, 0.25) is 0 Å². The number of non-ortho nitro benzene ring substituents is 1. The van der Waals surface area contributed by atoms with E-state index in [1.807, 2.05) is 12.1 Å². The van der Waals surface area contributed by atoms with Crippen molar-refractivity contribution in [2.24, 2.45) is 5.41 Å². The molecule has 5 nitrogen and oxygen atoms in total. The van der Waals surface area contributed by atoms with Crippen LogP contribution in [-0.4, -0.2) is 16.5 Å². The maximum absolute atomic E-state index is 11.0. The molecule has 1 N–H and O–H groups in total. The first kappa shape index (κ1) is 13.3. The molecule has 5 heteroatoms. The fraction of sp³-hybridized carbons (Fsp3) is 0.357. The molecule has 0 radical (unpaired) electrons. The van der Waals surface area contributed by atoms with Crippen LogP contribution in [0.1, 0.15) is 20.8 Å². The SMILES string of the molecule is CC(C)(C)CNc1ccnc2c([N+](=O)[O-])cccc12. The summed E-state index contributed by atoms with van der Waals surface area (Å²) in [6.07, 6.45) is 1.60. The van der Waals surface area contributed by atoms with Gasteiger partial charge in [-0.05, 0) is 11.5 Å². The van der Waals surface area contributed by atoms with E-state index < -0.39 is 4.92 Å². The first-order chi connectivity index (χ1) is 8.88. The van der Waals surface area contributed by atoms with Crippen LogP contribution in [0.5, 0.6) is 0 Å². The first-order valence-electron chi connectivity index (χ1n) is 6.14. The van der Waals surface area contributed by atoms with Crippen molar-refractivity contribution in [3.05, 3.63) is 40.6 Å². The van der Waals surface area contributed by atoms with Crippen LogP contribution in [0.25, 0.3) is 10.9 Å². The molecule has 2 rings (SSSR count). The van der Waals surface area contributed by atoms with Crippen molar-refractivity contribution in [2.75, 3.05) is 11.9 Å². The van der Waals surface area contributed by atoms with E-state index in [-0.39, 0.29) is 11.1 Å². The van der Waals surface area contributed by atoms with Gasteiger partial charge in [0, 0.05) is 29.9 Å². The Labute approximate surface area is 111 Å². The zero-order valence-corrected chi connectivity index (χ0v) is 11.3. The van der Waals surface area contributed by atoms with E-state index >= 15 is 0 Å². The second kappa shape index (κ2) is 4.84. The van der Waals surface area contributed by atoms with Crippen molar-refractivity contribution in [1.82, 2.24) is 4.98 Å². The van der Waals surface area contributed by atoms with E-state index in [1.54, 1.807) is 12.3 Å².